The molecule has 2 fully saturated rings. The molecule has 0 aromatic heterocycles. The molecule has 3 rings (SSSR count). The highest BCUT2D eigenvalue weighted by atomic mass is 16.5. The summed E-state index contributed by atoms with van der Waals surface area (Å²) in [4.78, 5) is 15.3. The van der Waals surface area contributed by atoms with Crippen molar-refractivity contribution in [3.05, 3.63) is 35.9 Å². The van der Waals surface area contributed by atoms with E-state index in [9.17, 15) is 4.79 Å². The van der Waals surface area contributed by atoms with Crippen molar-refractivity contribution in [2.45, 2.75) is 44.1 Å². The number of benzene rings is 1. The van der Waals surface area contributed by atoms with Gasteiger partial charge in [0.15, 0.2) is 0 Å². The van der Waals surface area contributed by atoms with Crippen LogP contribution in [-0.2, 0) is 9.53 Å². The van der Waals surface area contributed by atoms with Crippen molar-refractivity contribution < 1.29 is 9.53 Å². The number of nitrogens with one attached hydrogen (secondary N) is 1. The molecular weight excluding hydrogens is 300 g/mol. The molecule has 132 valence electrons. The molecule has 0 radical (unpaired) electrons. The van der Waals surface area contributed by atoms with E-state index in [1.807, 2.05) is 0 Å². The number of hydrogen-bond acceptors (Lipinski definition) is 3. The van der Waals surface area contributed by atoms with Gasteiger partial charge >= 0.3 is 0 Å². The molecule has 2 unspecified atom stereocenters. The van der Waals surface area contributed by atoms with Crippen LogP contribution >= 0.6 is 0 Å². The van der Waals surface area contributed by atoms with Crippen LogP contribution in [0.4, 0.5) is 0 Å². The van der Waals surface area contributed by atoms with E-state index in [2.05, 4.69) is 47.5 Å². The summed E-state index contributed by atoms with van der Waals surface area (Å²) in [6, 6.07) is 10.8. The first-order valence-corrected chi connectivity index (χ1v) is 9.30. The van der Waals surface area contributed by atoms with E-state index in [4.69, 9.17) is 4.74 Å². The maximum Gasteiger partial charge on any atom is 0.254 e. The molecule has 1 amide bonds. The molecule has 0 spiro atoms. The summed E-state index contributed by atoms with van der Waals surface area (Å²) in [7, 11) is 1.69. The number of ether oxygens (including phenoxy) is 1. The zero-order valence-corrected chi connectivity index (χ0v) is 15.0. The molecule has 2 heterocycles. The Morgan fingerprint density at radius 3 is 2.62 bits per heavy atom. The number of carbonyl (C=O) groups excluding carboxylic acids is 1. The van der Waals surface area contributed by atoms with Gasteiger partial charge < -0.3 is 15.0 Å². The summed E-state index contributed by atoms with van der Waals surface area (Å²) in [5.41, 5.74) is 0.808. The van der Waals surface area contributed by atoms with Crippen LogP contribution in [-0.4, -0.2) is 49.7 Å². The molecule has 1 N–H and O–H groups in total. The Bertz CT molecular complexity index is 540. The molecule has 24 heavy (non-hydrogen) atoms. The molecule has 0 saturated carbocycles. The molecular formula is C20H30N2O2. The van der Waals surface area contributed by atoms with Crippen molar-refractivity contribution in [2.24, 2.45) is 5.92 Å². The molecule has 2 atom stereocenters. The summed E-state index contributed by atoms with van der Waals surface area (Å²) in [5.74, 6) is 1.30. The van der Waals surface area contributed by atoms with Crippen molar-refractivity contribution in [2.75, 3.05) is 33.3 Å². The lowest BCUT2D eigenvalue weighted by Crippen LogP contribution is -2.57. The standard InChI is InChI=1S/C20H30N2O2/c1-3-16-15-22(14-9-18(16)17-7-5-4-6-8-17)19(23)20(24-2)10-12-21-13-11-20/h4-8,16,18,21H,3,9-15H2,1-2H3. The normalized spacial score (nSPS) is 27.0. The van der Waals surface area contributed by atoms with Crippen molar-refractivity contribution in [3.63, 3.8) is 0 Å². The third-order valence-electron chi connectivity index (χ3n) is 5.96. The van der Waals surface area contributed by atoms with E-state index in [-0.39, 0.29) is 5.91 Å². The number of nitrogens with zero attached hydrogens (tertiary/aromatic N) is 1. The van der Waals surface area contributed by atoms with Gasteiger partial charge in [-0.05, 0) is 49.8 Å². The van der Waals surface area contributed by atoms with Crippen LogP contribution < -0.4 is 5.32 Å². The number of piperidine rings is 2. The van der Waals surface area contributed by atoms with E-state index in [1.165, 1.54) is 5.56 Å². The second-order valence-corrected chi connectivity index (χ2v) is 7.17. The predicted molar refractivity (Wildman–Crippen MR) is 96.0 cm³/mol. The summed E-state index contributed by atoms with van der Waals surface area (Å²) in [6.45, 7) is 5.65. The Morgan fingerprint density at radius 1 is 1.29 bits per heavy atom. The van der Waals surface area contributed by atoms with Crippen molar-refractivity contribution in [1.82, 2.24) is 10.2 Å². The SMILES string of the molecule is CCC1CN(C(=O)C2(OC)CCNCC2)CCC1c1ccccc1. The van der Waals surface area contributed by atoms with E-state index in [1.54, 1.807) is 7.11 Å². The first-order valence-electron chi connectivity index (χ1n) is 9.30. The van der Waals surface area contributed by atoms with Gasteiger partial charge in [-0.2, -0.15) is 0 Å². The largest absolute Gasteiger partial charge is 0.368 e. The highest BCUT2D eigenvalue weighted by Crippen LogP contribution is 2.36. The van der Waals surface area contributed by atoms with Crippen LogP contribution in [0.2, 0.25) is 0 Å². The van der Waals surface area contributed by atoms with Crippen LogP contribution in [0, 0.1) is 5.92 Å². The summed E-state index contributed by atoms with van der Waals surface area (Å²) in [6.07, 6.45) is 3.70. The second-order valence-electron chi connectivity index (χ2n) is 7.17. The van der Waals surface area contributed by atoms with Gasteiger partial charge in [0, 0.05) is 20.2 Å². The van der Waals surface area contributed by atoms with Gasteiger partial charge in [0.2, 0.25) is 0 Å². The van der Waals surface area contributed by atoms with Crippen molar-refractivity contribution >= 4 is 5.91 Å². The quantitative estimate of drug-likeness (QED) is 0.923. The van der Waals surface area contributed by atoms with Crippen LogP contribution in [0.5, 0.6) is 0 Å². The van der Waals surface area contributed by atoms with Gasteiger partial charge in [-0.15, -0.1) is 0 Å². The number of likely N-dealkylation sites (tertiary alicyclic amines) is 1. The van der Waals surface area contributed by atoms with E-state index < -0.39 is 5.60 Å². The van der Waals surface area contributed by atoms with E-state index >= 15 is 0 Å². The monoisotopic (exact) mass is 330 g/mol. The van der Waals surface area contributed by atoms with E-state index in [0.717, 1.165) is 51.9 Å². The van der Waals surface area contributed by atoms with Crippen molar-refractivity contribution in [1.29, 1.82) is 0 Å². The van der Waals surface area contributed by atoms with Gasteiger partial charge in [0.05, 0.1) is 0 Å². The van der Waals surface area contributed by atoms with Crippen LogP contribution in [0.25, 0.3) is 0 Å². The second kappa shape index (κ2) is 7.66. The minimum Gasteiger partial charge on any atom is -0.368 e. The zero-order valence-electron chi connectivity index (χ0n) is 15.0. The molecule has 1 aromatic carbocycles. The highest BCUT2D eigenvalue weighted by molar-refractivity contribution is 5.85. The van der Waals surface area contributed by atoms with Crippen LogP contribution in [0.1, 0.15) is 44.1 Å². The fraction of sp³-hybridized carbons (Fsp3) is 0.650. The Hall–Kier alpha value is -1.39. The molecule has 1 aromatic rings. The molecule has 2 aliphatic rings. The average molecular weight is 330 g/mol. The minimum atomic E-state index is -0.608. The number of amides is 1. The summed E-state index contributed by atoms with van der Waals surface area (Å²) in [5, 5.41) is 3.33. The highest BCUT2D eigenvalue weighted by Gasteiger charge is 2.44. The lowest BCUT2D eigenvalue weighted by Gasteiger charge is -2.44. The maximum absolute atomic E-state index is 13.2. The van der Waals surface area contributed by atoms with Crippen LogP contribution in [0.15, 0.2) is 30.3 Å². The molecule has 2 aliphatic heterocycles. The number of methoxy groups -OCH3 is 1. The smallest absolute Gasteiger partial charge is 0.254 e. The first kappa shape index (κ1) is 17.4. The summed E-state index contributed by atoms with van der Waals surface area (Å²) < 4.78 is 5.74. The minimum absolute atomic E-state index is 0.205. The lowest BCUT2D eigenvalue weighted by molar-refractivity contribution is -0.160. The third kappa shape index (κ3) is 3.35. The average Bonchev–Trinajstić information content (AvgIpc) is 2.68. The topological polar surface area (TPSA) is 41.6 Å². The molecule has 4 nitrogen and oxygen atoms in total. The fourth-order valence-corrected chi connectivity index (χ4v) is 4.39. The lowest BCUT2D eigenvalue weighted by atomic mass is 9.78. The Labute approximate surface area is 145 Å². The Kier molecular flexibility index (Phi) is 5.57. The molecule has 2 saturated heterocycles. The van der Waals surface area contributed by atoms with Gasteiger partial charge in [-0.25, -0.2) is 0 Å². The Morgan fingerprint density at radius 2 is 2.00 bits per heavy atom. The van der Waals surface area contributed by atoms with Gasteiger partial charge in [0.25, 0.3) is 5.91 Å². The number of rotatable bonds is 4. The molecule has 4 heteroatoms. The number of carbonyl (C=O) groups is 1. The predicted octanol–water partition coefficient (Wildman–Crippen LogP) is 2.80. The maximum atomic E-state index is 13.2. The van der Waals surface area contributed by atoms with Gasteiger partial charge in [-0.3, -0.25) is 4.79 Å². The third-order valence-corrected chi connectivity index (χ3v) is 5.96. The van der Waals surface area contributed by atoms with Gasteiger partial charge in [-0.1, -0.05) is 43.7 Å². The molecule has 0 bridgehead atoms. The van der Waals surface area contributed by atoms with Crippen LogP contribution in [0.3, 0.4) is 0 Å². The van der Waals surface area contributed by atoms with Crippen molar-refractivity contribution in [3.8, 4) is 0 Å². The first-order chi connectivity index (χ1) is 11.7. The summed E-state index contributed by atoms with van der Waals surface area (Å²) >= 11 is 0. The van der Waals surface area contributed by atoms with Gasteiger partial charge in [0.1, 0.15) is 5.60 Å². The number of hydrogen-bond donors (Lipinski definition) is 1. The fourth-order valence-electron chi connectivity index (χ4n) is 4.39. The zero-order chi connectivity index (χ0) is 17.0. The molecule has 0 aliphatic carbocycles. The van der Waals surface area contributed by atoms with E-state index in [0.29, 0.717) is 11.8 Å². The Balaban J connectivity index is 1.72.